The van der Waals surface area contributed by atoms with Gasteiger partial charge in [-0.15, -0.1) is 0 Å². The number of nitrogens with one attached hydrogen (secondary N) is 1. The number of amides is 2. The van der Waals surface area contributed by atoms with Gasteiger partial charge in [0.1, 0.15) is 5.76 Å². The van der Waals surface area contributed by atoms with Crippen molar-refractivity contribution in [2.45, 2.75) is 6.54 Å². The van der Waals surface area contributed by atoms with E-state index >= 15 is 0 Å². The molecule has 23 heavy (non-hydrogen) atoms. The summed E-state index contributed by atoms with van der Waals surface area (Å²) in [6.07, 6.45) is 1.45. The van der Waals surface area contributed by atoms with E-state index in [1.165, 1.54) is 6.26 Å². The first kappa shape index (κ1) is 15.4. The minimum atomic E-state index is -3.64. The lowest BCUT2D eigenvalue weighted by Gasteiger charge is -2.14. The van der Waals surface area contributed by atoms with Crippen LogP contribution in [0.15, 0.2) is 47.1 Å². The van der Waals surface area contributed by atoms with E-state index in [1.807, 2.05) is 0 Å². The summed E-state index contributed by atoms with van der Waals surface area (Å²) in [5, 5.41) is 0. The highest BCUT2D eigenvalue weighted by atomic mass is 32.2. The molecular formula is C15H14N2O5S. The van der Waals surface area contributed by atoms with E-state index in [0.717, 1.165) is 4.90 Å². The van der Waals surface area contributed by atoms with Crippen molar-refractivity contribution in [3.8, 4) is 0 Å². The van der Waals surface area contributed by atoms with Gasteiger partial charge in [-0.3, -0.25) is 14.5 Å². The molecule has 0 unspecified atom stereocenters. The van der Waals surface area contributed by atoms with Crippen molar-refractivity contribution in [3.63, 3.8) is 0 Å². The Labute approximate surface area is 132 Å². The third-order valence-corrected chi connectivity index (χ3v) is 4.81. The van der Waals surface area contributed by atoms with Gasteiger partial charge in [-0.2, -0.15) is 0 Å². The zero-order valence-electron chi connectivity index (χ0n) is 12.1. The molecule has 0 aliphatic carbocycles. The first-order valence-electron chi connectivity index (χ1n) is 6.93. The molecule has 0 saturated carbocycles. The summed E-state index contributed by atoms with van der Waals surface area (Å²) in [6, 6.07) is 9.73. The van der Waals surface area contributed by atoms with E-state index in [2.05, 4.69) is 4.72 Å². The Morgan fingerprint density at radius 2 is 1.65 bits per heavy atom. The Kier molecular flexibility index (Phi) is 4.01. The average Bonchev–Trinajstić information content (AvgIpc) is 3.13. The van der Waals surface area contributed by atoms with Gasteiger partial charge >= 0.3 is 0 Å². The van der Waals surface area contributed by atoms with Gasteiger partial charge in [-0.1, -0.05) is 12.1 Å². The summed E-state index contributed by atoms with van der Waals surface area (Å²) in [4.78, 5) is 25.2. The fraction of sp³-hybridized carbons (Fsp3) is 0.200. The minimum Gasteiger partial charge on any atom is -0.468 e. The maximum absolute atomic E-state index is 12.1. The lowest BCUT2D eigenvalue weighted by Crippen LogP contribution is -2.37. The largest absolute Gasteiger partial charge is 0.468 e. The number of sulfonamides is 1. The van der Waals surface area contributed by atoms with Crippen LogP contribution in [0, 0.1) is 0 Å². The van der Waals surface area contributed by atoms with Gasteiger partial charge in [0.25, 0.3) is 11.8 Å². The number of imide groups is 1. The summed E-state index contributed by atoms with van der Waals surface area (Å²) in [5.74, 6) is -0.813. The molecule has 120 valence electrons. The molecule has 0 atom stereocenters. The van der Waals surface area contributed by atoms with E-state index in [4.69, 9.17) is 4.42 Å². The van der Waals surface area contributed by atoms with E-state index in [0.29, 0.717) is 16.9 Å². The van der Waals surface area contributed by atoms with Crippen molar-refractivity contribution in [1.29, 1.82) is 0 Å². The molecule has 8 heteroatoms. The van der Waals surface area contributed by atoms with Crippen molar-refractivity contribution in [1.82, 2.24) is 9.62 Å². The summed E-state index contributed by atoms with van der Waals surface area (Å²) >= 11 is 0. The van der Waals surface area contributed by atoms with Crippen LogP contribution in [0.5, 0.6) is 0 Å². The number of fused-ring (bicyclic) bond motifs is 1. The molecule has 0 bridgehead atoms. The third-order valence-electron chi connectivity index (χ3n) is 3.51. The molecule has 1 aliphatic heterocycles. The molecule has 7 nitrogen and oxygen atoms in total. The zero-order valence-corrected chi connectivity index (χ0v) is 12.9. The molecule has 1 aliphatic rings. The SMILES string of the molecule is O=C1c2ccccc2C(=O)N1CCS(=O)(=O)NCc1ccco1. The van der Waals surface area contributed by atoms with Gasteiger partial charge in [-0.25, -0.2) is 13.1 Å². The monoisotopic (exact) mass is 334 g/mol. The molecule has 2 aromatic rings. The predicted molar refractivity (Wildman–Crippen MR) is 81.1 cm³/mol. The fourth-order valence-electron chi connectivity index (χ4n) is 2.32. The first-order valence-corrected chi connectivity index (χ1v) is 8.58. The number of hydrogen-bond acceptors (Lipinski definition) is 5. The molecular weight excluding hydrogens is 320 g/mol. The van der Waals surface area contributed by atoms with Crippen LogP contribution in [0.3, 0.4) is 0 Å². The summed E-state index contributed by atoms with van der Waals surface area (Å²) in [7, 11) is -3.64. The third kappa shape index (κ3) is 3.17. The van der Waals surface area contributed by atoms with Crippen molar-refractivity contribution in [2.24, 2.45) is 0 Å². The lowest BCUT2D eigenvalue weighted by molar-refractivity contribution is 0.0664. The number of hydrogen-bond donors (Lipinski definition) is 1. The molecule has 0 saturated heterocycles. The number of nitrogens with zero attached hydrogens (tertiary/aromatic N) is 1. The van der Waals surface area contributed by atoms with Crippen LogP contribution in [0.1, 0.15) is 26.5 Å². The highest BCUT2D eigenvalue weighted by Crippen LogP contribution is 2.22. The normalized spacial score (nSPS) is 14.3. The molecule has 1 aromatic carbocycles. The van der Waals surface area contributed by atoms with Gasteiger partial charge in [0, 0.05) is 6.54 Å². The molecule has 0 spiro atoms. The Balaban J connectivity index is 1.62. The maximum Gasteiger partial charge on any atom is 0.261 e. The van der Waals surface area contributed by atoms with E-state index < -0.39 is 21.8 Å². The molecule has 2 amide bonds. The van der Waals surface area contributed by atoms with Gasteiger partial charge in [0.15, 0.2) is 0 Å². The number of benzene rings is 1. The van der Waals surface area contributed by atoms with Crippen LogP contribution < -0.4 is 4.72 Å². The van der Waals surface area contributed by atoms with Crippen molar-refractivity contribution in [3.05, 3.63) is 59.5 Å². The van der Waals surface area contributed by atoms with Crippen molar-refractivity contribution in [2.75, 3.05) is 12.3 Å². The van der Waals surface area contributed by atoms with E-state index in [1.54, 1.807) is 36.4 Å². The van der Waals surface area contributed by atoms with Gasteiger partial charge in [-0.05, 0) is 24.3 Å². The van der Waals surface area contributed by atoms with Crippen LogP contribution >= 0.6 is 0 Å². The first-order chi connectivity index (χ1) is 11.0. The second-order valence-electron chi connectivity index (χ2n) is 5.03. The van der Waals surface area contributed by atoms with Crippen LogP contribution in [-0.2, 0) is 16.6 Å². The van der Waals surface area contributed by atoms with Crippen LogP contribution in [-0.4, -0.2) is 37.4 Å². The highest BCUT2D eigenvalue weighted by molar-refractivity contribution is 7.89. The average molecular weight is 334 g/mol. The van der Waals surface area contributed by atoms with Crippen molar-refractivity contribution < 1.29 is 22.4 Å². The van der Waals surface area contributed by atoms with Gasteiger partial charge in [0.2, 0.25) is 10.0 Å². The molecule has 0 radical (unpaired) electrons. The summed E-state index contributed by atoms with van der Waals surface area (Å²) in [5.41, 5.74) is 0.608. The molecule has 0 fully saturated rings. The van der Waals surface area contributed by atoms with Gasteiger partial charge in [0.05, 0.1) is 29.7 Å². The van der Waals surface area contributed by atoms with E-state index in [9.17, 15) is 18.0 Å². The predicted octanol–water partition coefficient (Wildman–Crippen LogP) is 0.995. The summed E-state index contributed by atoms with van der Waals surface area (Å²) in [6.45, 7) is -0.169. The van der Waals surface area contributed by atoms with Crippen molar-refractivity contribution >= 4 is 21.8 Å². The smallest absolute Gasteiger partial charge is 0.261 e. The molecule has 3 rings (SSSR count). The number of carbonyl (C=O) groups excluding carboxylic acids is 2. The number of carbonyl (C=O) groups is 2. The Morgan fingerprint density at radius 3 is 2.22 bits per heavy atom. The quantitative estimate of drug-likeness (QED) is 0.795. The standard InChI is InChI=1S/C15H14N2O5S/c18-14-12-5-1-2-6-13(12)15(19)17(14)7-9-23(20,21)16-10-11-4-3-8-22-11/h1-6,8,16H,7,9-10H2. The molecule has 2 heterocycles. The molecule has 1 N–H and O–H groups in total. The van der Waals surface area contributed by atoms with Crippen LogP contribution in [0.25, 0.3) is 0 Å². The van der Waals surface area contributed by atoms with Crippen LogP contribution in [0.4, 0.5) is 0 Å². The second-order valence-corrected chi connectivity index (χ2v) is 6.95. The highest BCUT2D eigenvalue weighted by Gasteiger charge is 2.35. The fourth-order valence-corrected chi connectivity index (χ4v) is 3.25. The number of furan rings is 1. The minimum absolute atomic E-state index is 0.0252. The molecule has 1 aromatic heterocycles. The Bertz CT molecular complexity index is 808. The Hall–Kier alpha value is -2.45. The van der Waals surface area contributed by atoms with Crippen LogP contribution in [0.2, 0.25) is 0 Å². The zero-order chi connectivity index (χ0) is 16.4. The Morgan fingerprint density at radius 1 is 1.00 bits per heavy atom. The van der Waals surface area contributed by atoms with E-state index in [-0.39, 0.29) is 18.8 Å². The lowest BCUT2D eigenvalue weighted by atomic mass is 10.1. The maximum atomic E-state index is 12.1. The van der Waals surface area contributed by atoms with Gasteiger partial charge < -0.3 is 4.42 Å². The number of rotatable bonds is 6. The second kappa shape index (κ2) is 5.98. The topological polar surface area (TPSA) is 96.7 Å². The summed E-state index contributed by atoms with van der Waals surface area (Å²) < 4.78 is 31.3.